The van der Waals surface area contributed by atoms with E-state index in [4.69, 9.17) is 4.42 Å². The topological polar surface area (TPSA) is 91.9 Å². The molecule has 2 fully saturated rings. The van der Waals surface area contributed by atoms with Crippen molar-refractivity contribution in [1.82, 2.24) is 10.3 Å². The highest BCUT2D eigenvalue weighted by Crippen LogP contribution is 2.39. The molecule has 8 heteroatoms. The lowest BCUT2D eigenvalue weighted by atomic mass is 9.86. The molecule has 1 N–H and O–H groups in total. The van der Waals surface area contributed by atoms with Crippen molar-refractivity contribution >= 4 is 11.6 Å². The first kappa shape index (κ1) is 16.4. The van der Waals surface area contributed by atoms with Gasteiger partial charge in [-0.25, -0.2) is 10.1 Å². The molecule has 1 atom stereocenters. The lowest BCUT2D eigenvalue weighted by molar-refractivity contribution is -0.658. The summed E-state index contributed by atoms with van der Waals surface area (Å²) in [6.45, 7) is 0.494. The lowest BCUT2D eigenvalue weighted by Crippen LogP contribution is -2.58. The van der Waals surface area contributed by atoms with Crippen molar-refractivity contribution in [3.8, 4) is 0 Å². The van der Waals surface area contributed by atoms with E-state index in [-0.39, 0.29) is 30.2 Å². The summed E-state index contributed by atoms with van der Waals surface area (Å²) in [6.07, 6.45) is 2.71. The molecule has 1 amide bonds. The second-order valence-electron chi connectivity index (χ2n) is 6.70. The van der Waals surface area contributed by atoms with Gasteiger partial charge in [-0.2, -0.15) is 0 Å². The minimum absolute atomic E-state index is 0.0686. The fourth-order valence-corrected chi connectivity index (χ4v) is 4.03. The van der Waals surface area contributed by atoms with Crippen molar-refractivity contribution in [2.75, 3.05) is 18.0 Å². The third-order valence-electron chi connectivity index (χ3n) is 5.30. The zero-order valence-electron chi connectivity index (χ0n) is 14.2. The van der Waals surface area contributed by atoms with Gasteiger partial charge < -0.3 is 14.6 Å². The standard InChI is InChI=1S/C18H20N4O4/c23-17-18(8-10-20(11-9-18)22(24)25)21(14-5-2-1-3-6-14)16(19-17)13-15-7-4-12-26-15/h1-7,12,16H,8-11,13H2,(H,19,23). The molecule has 0 saturated carbocycles. The molecule has 2 aromatic rings. The Morgan fingerprint density at radius 2 is 1.92 bits per heavy atom. The molecular formula is C18H20N4O4. The molecule has 0 bridgehead atoms. The quantitative estimate of drug-likeness (QED) is 0.664. The third kappa shape index (κ3) is 2.67. The van der Waals surface area contributed by atoms with Crippen molar-refractivity contribution in [2.24, 2.45) is 0 Å². The Morgan fingerprint density at radius 1 is 1.19 bits per heavy atom. The van der Waals surface area contributed by atoms with Gasteiger partial charge in [0.05, 0.1) is 19.4 Å². The zero-order valence-corrected chi connectivity index (χ0v) is 14.2. The number of furan rings is 1. The van der Waals surface area contributed by atoms with Crippen LogP contribution >= 0.6 is 0 Å². The molecule has 1 aromatic carbocycles. The number of carbonyl (C=O) groups is 1. The number of rotatable bonds is 4. The summed E-state index contributed by atoms with van der Waals surface area (Å²) in [4.78, 5) is 26.1. The Hall–Kier alpha value is -3.03. The van der Waals surface area contributed by atoms with Gasteiger partial charge in [-0.15, -0.1) is 5.01 Å². The maximum absolute atomic E-state index is 13.0. The van der Waals surface area contributed by atoms with E-state index in [9.17, 15) is 14.9 Å². The molecule has 2 saturated heterocycles. The van der Waals surface area contributed by atoms with Gasteiger partial charge in [0.2, 0.25) is 5.91 Å². The first-order valence-corrected chi connectivity index (χ1v) is 8.67. The molecule has 26 heavy (non-hydrogen) atoms. The number of hydrogen-bond donors (Lipinski definition) is 1. The van der Waals surface area contributed by atoms with E-state index >= 15 is 0 Å². The summed E-state index contributed by atoms with van der Waals surface area (Å²) in [5.74, 6) is 0.719. The maximum Gasteiger partial charge on any atom is 0.247 e. The maximum atomic E-state index is 13.0. The van der Waals surface area contributed by atoms with Gasteiger partial charge in [0.15, 0.2) is 5.03 Å². The Bertz CT molecular complexity index is 785. The number of amides is 1. The second-order valence-corrected chi connectivity index (χ2v) is 6.70. The number of nitrogens with one attached hydrogen (secondary N) is 1. The van der Waals surface area contributed by atoms with Crippen molar-refractivity contribution in [3.63, 3.8) is 0 Å². The van der Waals surface area contributed by atoms with E-state index in [2.05, 4.69) is 10.2 Å². The molecule has 1 unspecified atom stereocenters. The van der Waals surface area contributed by atoms with Crippen LogP contribution in [-0.4, -0.2) is 40.7 Å². The first-order valence-electron chi connectivity index (χ1n) is 8.67. The second kappa shape index (κ2) is 6.36. The Morgan fingerprint density at radius 3 is 2.54 bits per heavy atom. The van der Waals surface area contributed by atoms with Crippen LogP contribution < -0.4 is 10.2 Å². The van der Waals surface area contributed by atoms with Crippen LogP contribution in [0, 0.1) is 10.1 Å². The normalized spacial score (nSPS) is 21.8. The van der Waals surface area contributed by atoms with Crippen LogP contribution in [0.2, 0.25) is 0 Å². The van der Waals surface area contributed by atoms with Crippen LogP contribution in [0.15, 0.2) is 53.1 Å². The number of benzene rings is 1. The van der Waals surface area contributed by atoms with Gasteiger partial charge in [-0.1, -0.05) is 18.2 Å². The number of hydrazine groups is 1. The fourth-order valence-electron chi connectivity index (χ4n) is 4.03. The summed E-state index contributed by atoms with van der Waals surface area (Å²) >= 11 is 0. The molecule has 3 heterocycles. The van der Waals surface area contributed by atoms with E-state index in [1.807, 2.05) is 42.5 Å². The van der Waals surface area contributed by atoms with Gasteiger partial charge >= 0.3 is 0 Å². The van der Waals surface area contributed by atoms with E-state index in [1.54, 1.807) is 6.26 Å². The molecule has 136 valence electrons. The number of carbonyl (C=O) groups excluding carboxylic acids is 1. The summed E-state index contributed by atoms with van der Waals surface area (Å²) in [7, 11) is 0. The molecule has 2 aliphatic rings. The molecule has 8 nitrogen and oxygen atoms in total. The van der Waals surface area contributed by atoms with Crippen LogP contribution in [0.5, 0.6) is 0 Å². The van der Waals surface area contributed by atoms with Gasteiger partial charge in [-0.3, -0.25) is 4.79 Å². The van der Waals surface area contributed by atoms with Crippen LogP contribution in [0.1, 0.15) is 18.6 Å². The number of hydrogen-bond acceptors (Lipinski definition) is 5. The van der Waals surface area contributed by atoms with Crippen molar-refractivity contribution in [2.45, 2.75) is 31.0 Å². The van der Waals surface area contributed by atoms with Crippen LogP contribution in [0.3, 0.4) is 0 Å². The third-order valence-corrected chi connectivity index (χ3v) is 5.30. The zero-order chi connectivity index (χ0) is 18.1. The Balaban J connectivity index is 1.68. The van der Waals surface area contributed by atoms with Crippen molar-refractivity contribution < 1.29 is 14.2 Å². The lowest BCUT2D eigenvalue weighted by Gasteiger charge is -2.42. The van der Waals surface area contributed by atoms with Gasteiger partial charge in [0.25, 0.3) is 0 Å². The molecule has 0 aliphatic carbocycles. The van der Waals surface area contributed by atoms with E-state index in [1.165, 1.54) is 5.01 Å². The first-order chi connectivity index (χ1) is 12.6. The van der Waals surface area contributed by atoms with Crippen LogP contribution in [-0.2, 0) is 11.2 Å². The molecular weight excluding hydrogens is 336 g/mol. The molecule has 2 aliphatic heterocycles. The monoisotopic (exact) mass is 356 g/mol. The number of para-hydroxylation sites is 1. The SMILES string of the molecule is O=C1NC(Cc2ccco2)N(c2ccccc2)C12CCN([N+](=O)[O-])CC2. The minimum atomic E-state index is -0.773. The molecule has 1 aromatic heterocycles. The summed E-state index contributed by atoms with van der Waals surface area (Å²) in [5.41, 5.74) is 0.155. The highest BCUT2D eigenvalue weighted by Gasteiger charge is 2.55. The highest BCUT2D eigenvalue weighted by molar-refractivity contribution is 5.94. The van der Waals surface area contributed by atoms with Gasteiger partial charge in [0.1, 0.15) is 17.5 Å². The average Bonchev–Trinajstić information content (AvgIpc) is 3.24. The van der Waals surface area contributed by atoms with Crippen LogP contribution in [0.4, 0.5) is 5.69 Å². The smallest absolute Gasteiger partial charge is 0.247 e. The Labute approximate surface area is 150 Å². The highest BCUT2D eigenvalue weighted by atomic mass is 16.7. The van der Waals surface area contributed by atoms with E-state index < -0.39 is 5.54 Å². The Kier molecular flexibility index (Phi) is 4.02. The fraction of sp³-hybridized carbons (Fsp3) is 0.389. The van der Waals surface area contributed by atoms with Crippen LogP contribution in [0.25, 0.3) is 0 Å². The number of piperidine rings is 1. The largest absolute Gasteiger partial charge is 0.469 e. The average molecular weight is 356 g/mol. The van der Waals surface area contributed by atoms with Crippen molar-refractivity contribution in [1.29, 1.82) is 0 Å². The summed E-state index contributed by atoms with van der Waals surface area (Å²) in [5, 5.41) is 15.0. The van der Waals surface area contributed by atoms with Gasteiger partial charge in [-0.05, 0) is 24.3 Å². The number of nitrogens with zero attached hydrogens (tertiary/aromatic N) is 3. The molecule has 1 spiro atoms. The minimum Gasteiger partial charge on any atom is -0.469 e. The molecule has 0 radical (unpaired) electrons. The predicted molar refractivity (Wildman–Crippen MR) is 93.8 cm³/mol. The number of anilines is 1. The van der Waals surface area contributed by atoms with Crippen molar-refractivity contribution in [3.05, 3.63) is 64.6 Å². The van der Waals surface area contributed by atoms with E-state index in [0.29, 0.717) is 19.3 Å². The van der Waals surface area contributed by atoms with Gasteiger partial charge in [0, 0.05) is 24.9 Å². The molecule has 4 rings (SSSR count). The van der Waals surface area contributed by atoms with E-state index in [0.717, 1.165) is 11.4 Å². The summed E-state index contributed by atoms with van der Waals surface area (Å²) in [6, 6.07) is 13.4. The number of nitro groups is 1. The predicted octanol–water partition coefficient (Wildman–Crippen LogP) is 1.81. The summed E-state index contributed by atoms with van der Waals surface area (Å²) < 4.78 is 5.46.